The van der Waals surface area contributed by atoms with Gasteiger partial charge in [0.1, 0.15) is 12.5 Å². The minimum atomic E-state index is -1.26. The number of hydrogen-bond acceptors (Lipinski definition) is 16. The lowest BCUT2D eigenvalue weighted by Crippen LogP contribution is -2.65. The van der Waals surface area contributed by atoms with E-state index in [-0.39, 0.29) is 97.0 Å². The van der Waals surface area contributed by atoms with E-state index in [1.165, 1.54) is 18.9 Å². The van der Waals surface area contributed by atoms with E-state index in [9.17, 15) is 30.3 Å². The van der Waals surface area contributed by atoms with Crippen LogP contribution in [-0.4, -0.2) is 112 Å². The Labute approximate surface area is 444 Å². The standard InChI is InChI=1S/C58H76N4O10S2/c1-34(2)48-30-74-73-29-46-45-26-44-36-10-13-41(66)25-40(65)12-9-35-11-14-49(67)52(71-33-64)42(35)8-6-7-37(23-36)51(53(44)72-54(45)68)70-32-60-58-31-56(18-4-5-19-56)20-16-39(58)24-43(50(28-63)69-3)38-15-21-57(58,27-38)22-17-47(46)61-55(59)62-48/h11,14-15,21,23,34,38-39,41,43,45-48,50,54,60,63-64,66-68H,4-5,7,9-10,12-13,16,18-20,24-33H2,1-3H3,(H3,59,61,62)/t38-,39+,41+,43+,45-,46+,47-,48+,50+,54+,57-,58-/m0/s1. The van der Waals surface area contributed by atoms with Crippen LogP contribution in [0.4, 0.5) is 0 Å². The molecule has 4 aliphatic heterocycles. The average Bonchev–Trinajstić information content (AvgIpc) is 4.01. The third kappa shape index (κ3) is 10.4. The molecule has 0 saturated heterocycles. The summed E-state index contributed by atoms with van der Waals surface area (Å²) < 4.78 is 25.7. The number of nitrogens with two attached hydrogens (primary N) is 1. The van der Waals surface area contributed by atoms with E-state index in [0.717, 1.165) is 67.4 Å². The van der Waals surface area contributed by atoms with Gasteiger partial charge in [-0.2, -0.15) is 0 Å². The molecule has 14 nitrogen and oxygen atoms in total. The van der Waals surface area contributed by atoms with Crippen LogP contribution in [0.5, 0.6) is 23.0 Å². The lowest BCUT2D eigenvalue weighted by Gasteiger charge is -2.58. The maximum absolute atomic E-state index is 13.4. The number of benzene rings is 2. The Kier molecular flexibility index (Phi) is 16.2. The van der Waals surface area contributed by atoms with Crippen LogP contribution in [-0.2, 0) is 35.2 Å². The van der Waals surface area contributed by atoms with Gasteiger partial charge in [-0.05, 0) is 117 Å². The van der Waals surface area contributed by atoms with Gasteiger partial charge in [-0.15, -0.1) is 0 Å². The maximum Gasteiger partial charge on any atom is 0.201 e. The summed E-state index contributed by atoms with van der Waals surface area (Å²) in [4.78, 5) is 18.5. The number of allylic oxidation sites excluding steroid dienone is 1. The Balaban J connectivity index is 1.17. The minimum absolute atomic E-state index is 0.00514. The second-order valence-electron chi connectivity index (χ2n) is 22.9. The first-order valence-electron chi connectivity index (χ1n) is 27.2. The molecule has 3 spiro atoms. The highest BCUT2D eigenvalue weighted by atomic mass is 33.1. The number of nitrogens with one attached hydrogen (secondary N) is 2. The number of aryl methyl sites for hydroxylation is 2. The Morgan fingerprint density at radius 1 is 1.00 bits per heavy atom. The summed E-state index contributed by atoms with van der Waals surface area (Å²) in [5.41, 5.74) is 9.42. The summed E-state index contributed by atoms with van der Waals surface area (Å²) in [5.74, 6) is 16.8. The summed E-state index contributed by atoms with van der Waals surface area (Å²) in [6.45, 7) is 3.68. The normalized spacial score (nSPS) is 34.0. The van der Waals surface area contributed by atoms with Crippen molar-refractivity contribution in [1.82, 2.24) is 10.6 Å². The van der Waals surface area contributed by atoms with Gasteiger partial charge in [0.15, 0.2) is 35.8 Å². The highest BCUT2D eigenvalue weighted by Crippen LogP contribution is 2.65. The van der Waals surface area contributed by atoms with Crippen molar-refractivity contribution in [3.05, 3.63) is 58.2 Å². The third-order valence-electron chi connectivity index (χ3n) is 18.4. The fourth-order valence-electron chi connectivity index (χ4n) is 14.4. The summed E-state index contributed by atoms with van der Waals surface area (Å²) >= 11 is 0. The maximum atomic E-state index is 13.4. The first-order chi connectivity index (χ1) is 35.8. The fraction of sp³-hybridized carbons (Fsp3) is 0.655. The Morgan fingerprint density at radius 3 is 2.61 bits per heavy atom. The Morgan fingerprint density at radius 2 is 1.82 bits per heavy atom. The largest absolute Gasteiger partial charge is 0.504 e. The van der Waals surface area contributed by atoms with Crippen molar-refractivity contribution in [3.63, 3.8) is 0 Å². The molecule has 0 amide bonds. The van der Waals surface area contributed by atoms with Crippen molar-refractivity contribution in [2.45, 2.75) is 153 Å². The van der Waals surface area contributed by atoms with Crippen LogP contribution in [0.25, 0.3) is 0 Å². The molecule has 2 aromatic rings. The molecule has 2 aromatic carbocycles. The highest BCUT2D eigenvalue weighted by Gasteiger charge is 2.64. The molecule has 9 N–H and O–H groups in total. The number of ketones is 1. The molecule has 11 rings (SSSR count). The summed E-state index contributed by atoms with van der Waals surface area (Å²) in [7, 11) is 5.25. The van der Waals surface area contributed by atoms with E-state index in [1.54, 1.807) is 34.8 Å². The van der Waals surface area contributed by atoms with E-state index in [2.05, 4.69) is 66.4 Å². The predicted octanol–water partition coefficient (Wildman–Crippen LogP) is 6.32. The molecule has 3 fully saturated rings. The zero-order valence-corrected chi connectivity index (χ0v) is 44.8. The topological polar surface area (TPSA) is 218 Å². The quantitative estimate of drug-likeness (QED) is 0.0687. The first-order valence-corrected chi connectivity index (χ1v) is 29.6. The van der Waals surface area contributed by atoms with Gasteiger partial charge < -0.3 is 55.5 Å². The molecule has 0 aromatic heterocycles. The van der Waals surface area contributed by atoms with Crippen molar-refractivity contribution in [2.24, 2.45) is 57.1 Å². The van der Waals surface area contributed by atoms with Crippen LogP contribution in [0.3, 0.4) is 0 Å². The van der Waals surface area contributed by atoms with Crippen LogP contribution in [0, 0.1) is 70.0 Å². The van der Waals surface area contributed by atoms with Gasteiger partial charge in [-0.25, -0.2) is 4.99 Å². The van der Waals surface area contributed by atoms with Crippen LogP contribution >= 0.6 is 21.6 Å². The van der Waals surface area contributed by atoms with E-state index in [4.69, 9.17) is 29.7 Å². The number of rotatable bonds is 6. The molecule has 5 aliphatic carbocycles. The van der Waals surface area contributed by atoms with Gasteiger partial charge in [-0.1, -0.05) is 96.2 Å². The zero-order chi connectivity index (χ0) is 51.8. The molecule has 16 heteroatoms. The van der Waals surface area contributed by atoms with Gasteiger partial charge in [-0.3, -0.25) is 10.1 Å². The number of phenolic OH excluding ortho intramolecular Hbond substituents is 1. The van der Waals surface area contributed by atoms with E-state index in [0.29, 0.717) is 60.0 Å². The number of nitrogens with zero attached hydrogens (tertiary/aromatic N) is 1. The minimum Gasteiger partial charge on any atom is -0.504 e. The number of ether oxygens (including phenoxy) is 4. The molecule has 9 aliphatic rings. The number of aliphatic hydroxyl groups excluding tert-OH is 4. The fourth-order valence-corrected chi connectivity index (χ4v) is 17.3. The third-order valence-corrected chi connectivity index (χ3v) is 20.9. The number of Topliss-reactive ketones (excluding diaryl/α,β-unsaturated/α-hetero) is 1. The summed E-state index contributed by atoms with van der Waals surface area (Å²) in [6.07, 6.45) is 13.3. The lowest BCUT2D eigenvalue weighted by atomic mass is 9.51. The van der Waals surface area contributed by atoms with Gasteiger partial charge >= 0.3 is 0 Å². The van der Waals surface area contributed by atoms with E-state index >= 15 is 0 Å². The van der Waals surface area contributed by atoms with Gasteiger partial charge in [0.2, 0.25) is 6.29 Å². The van der Waals surface area contributed by atoms with Crippen LogP contribution in [0.2, 0.25) is 0 Å². The lowest BCUT2D eigenvalue weighted by molar-refractivity contribution is -0.121. The molecule has 400 valence electrons. The van der Waals surface area contributed by atoms with Crippen LogP contribution in [0.1, 0.15) is 119 Å². The van der Waals surface area contributed by atoms with Crippen LogP contribution in [0.15, 0.2) is 35.3 Å². The van der Waals surface area contributed by atoms with Crippen molar-refractivity contribution < 1.29 is 49.3 Å². The molecule has 0 radical (unpaired) electrons. The highest BCUT2D eigenvalue weighted by molar-refractivity contribution is 8.76. The Bertz CT molecular complexity index is 2600. The molecule has 4 heterocycles. The smallest absolute Gasteiger partial charge is 0.201 e. The van der Waals surface area contributed by atoms with Crippen molar-refractivity contribution in [3.8, 4) is 46.7 Å². The number of methoxy groups -OCH3 is 1. The van der Waals surface area contributed by atoms with Crippen molar-refractivity contribution in [2.75, 3.05) is 38.7 Å². The summed E-state index contributed by atoms with van der Waals surface area (Å²) in [5, 5.41) is 63.5. The van der Waals surface area contributed by atoms with Gasteiger partial charge in [0.25, 0.3) is 0 Å². The Hall–Kier alpha value is -4.10. The van der Waals surface area contributed by atoms with Crippen LogP contribution < -0.4 is 30.6 Å². The van der Waals surface area contributed by atoms with Gasteiger partial charge in [0, 0.05) is 66.4 Å². The molecular formula is C58H76N4O10S2. The number of aliphatic imine (C=N–C) groups is 1. The number of guanidine groups is 1. The number of hydrogen-bond donors (Lipinski definition) is 8. The molecular weight excluding hydrogens is 977 g/mol. The number of fused-ring (bicyclic) bond motifs is 7. The summed E-state index contributed by atoms with van der Waals surface area (Å²) in [6, 6.07) is 4.74. The second kappa shape index (κ2) is 22.5. The second-order valence-corrected chi connectivity index (χ2v) is 25.5. The van der Waals surface area contributed by atoms with E-state index in [1.807, 2.05) is 0 Å². The molecule has 3 saturated carbocycles. The zero-order valence-electron chi connectivity index (χ0n) is 43.2. The number of carbonyl (C=O) groups is 1. The van der Waals surface area contributed by atoms with Gasteiger partial charge in [0.05, 0.1) is 41.9 Å². The number of carbonyl (C=O) groups excluding carboxylic acids is 1. The monoisotopic (exact) mass is 1050 g/mol. The number of aliphatic hydroxyl groups is 4. The van der Waals surface area contributed by atoms with Crippen molar-refractivity contribution >= 4 is 33.3 Å². The number of phenols is 1. The van der Waals surface area contributed by atoms with E-state index < -0.39 is 42.1 Å². The molecule has 8 bridgehead atoms. The van der Waals surface area contributed by atoms with Crippen molar-refractivity contribution in [1.29, 1.82) is 0 Å². The SMILES string of the molecule is CO[C@H](CO)[C@@H]1C[C@H]2CCC3(CCCC3)C[C@]23NCOc2c4cc(c5c2O[C@@H](O)[C@@H](C5)[C@H]2CSSC[C@H](C(C)C)N=C(N)N[C@H]2C#C[C@]32C=C[C@H]1C2)CC[C@@H](O)CC(=O)CCc1ccc(O)c(OCO)c1C#CC4. The molecule has 74 heavy (non-hydrogen) atoms. The average molecular weight is 1050 g/mol. The molecule has 0 unspecified atom stereocenters. The first kappa shape index (κ1) is 53.3. The molecule has 12 atom stereocenters. The predicted molar refractivity (Wildman–Crippen MR) is 288 cm³/mol. The number of aromatic hydroxyl groups is 1.